The van der Waals surface area contributed by atoms with Gasteiger partial charge >= 0.3 is 0 Å². The molecule has 0 saturated carbocycles. The topological polar surface area (TPSA) is 58.5 Å². The Bertz CT molecular complexity index is 481. The van der Waals surface area contributed by atoms with Crippen molar-refractivity contribution < 1.29 is 0 Å². The van der Waals surface area contributed by atoms with Gasteiger partial charge < -0.3 is 9.88 Å². The molecule has 3 heterocycles. The molecule has 2 aromatic rings. The maximum absolute atomic E-state index is 4.33. The van der Waals surface area contributed by atoms with Crippen LogP contribution < -0.4 is 5.32 Å². The van der Waals surface area contributed by atoms with E-state index in [1.165, 1.54) is 24.1 Å². The number of nitrogens with one attached hydrogen (secondary N) is 2. The fourth-order valence-corrected chi connectivity index (χ4v) is 2.71. The maximum atomic E-state index is 4.33. The fourth-order valence-electron chi connectivity index (χ4n) is 2.71. The highest BCUT2D eigenvalue weighted by Gasteiger charge is 2.21. The predicted octanol–water partition coefficient (Wildman–Crippen LogP) is 1.68. The maximum Gasteiger partial charge on any atom is 0.0953 e. The van der Waals surface area contributed by atoms with Crippen LogP contribution in [0.25, 0.3) is 0 Å². The number of aromatic nitrogens is 4. The van der Waals surface area contributed by atoms with Gasteiger partial charge in [-0.2, -0.15) is 5.10 Å². The summed E-state index contributed by atoms with van der Waals surface area (Å²) in [6, 6.07) is 0.281. The molecular weight excluding hydrogens is 226 g/mol. The monoisotopic (exact) mass is 245 g/mol. The first kappa shape index (κ1) is 11.5. The number of piperidine rings is 1. The summed E-state index contributed by atoms with van der Waals surface area (Å²) in [6.07, 6.45) is 10.3. The van der Waals surface area contributed by atoms with Crippen molar-refractivity contribution in [3.8, 4) is 0 Å². The number of aromatic amines is 1. The summed E-state index contributed by atoms with van der Waals surface area (Å²) in [4.78, 5) is 4.33. The fraction of sp³-hybridized carbons (Fsp3) is 0.538. The SMILES string of the molecule is CC(c1cn[nH]c1)n1cncc1C1CCCNC1. The molecule has 1 aliphatic rings. The first-order chi connectivity index (χ1) is 8.86. The summed E-state index contributed by atoms with van der Waals surface area (Å²) in [7, 11) is 0. The minimum atomic E-state index is 0.281. The van der Waals surface area contributed by atoms with Crippen LogP contribution in [-0.4, -0.2) is 32.8 Å². The number of hydrogen-bond acceptors (Lipinski definition) is 3. The molecule has 2 aromatic heterocycles. The van der Waals surface area contributed by atoms with Gasteiger partial charge in [0, 0.05) is 36.1 Å². The van der Waals surface area contributed by atoms with E-state index in [0.717, 1.165) is 13.1 Å². The molecule has 5 nitrogen and oxygen atoms in total. The molecule has 2 atom stereocenters. The van der Waals surface area contributed by atoms with E-state index in [1.807, 2.05) is 24.9 Å². The van der Waals surface area contributed by atoms with Crippen LogP contribution in [0.3, 0.4) is 0 Å². The van der Waals surface area contributed by atoms with Crippen LogP contribution in [0.15, 0.2) is 24.9 Å². The lowest BCUT2D eigenvalue weighted by atomic mass is 9.96. The Morgan fingerprint density at radius 3 is 3.11 bits per heavy atom. The molecular formula is C13H19N5. The Kier molecular flexibility index (Phi) is 3.15. The number of rotatable bonds is 3. The average Bonchev–Trinajstić information content (AvgIpc) is 3.10. The molecule has 1 fully saturated rings. The minimum Gasteiger partial charge on any atom is -0.327 e. The van der Waals surface area contributed by atoms with E-state index in [9.17, 15) is 0 Å². The summed E-state index contributed by atoms with van der Waals surface area (Å²) < 4.78 is 2.27. The molecule has 3 rings (SSSR count). The Balaban J connectivity index is 1.86. The predicted molar refractivity (Wildman–Crippen MR) is 69.5 cm³/mol. The summed E-state index contributed by atoms with van der Waals surface area (Å²) >= 11 is 0. The Morgan fingerprint density at radius 2 is 2.39 bits per heavy atom. The summed E-state index contributed by atoms with van der Waals surface area (Å²) in [5.41, 5.74) is 2.52. The van der Waals surface area contributed by atoms with Gasteiger partial charge in [0.2, 0.25) is 0 Å². The van der Waals surface area contributed by atoms with Crippen LogP contribution in [0.2, 0.25) is 0 Å². The van der Waals surface area contributed by atoms with E-state index >= 15 is 0 Å². The van der Waals surface area contributed by atoms with Gasteiger partial charge in [-0.05, 0) is 26.3 Å². The second-order valence-electron chi connectivity index (χ2n) is 4.98. The van der Waals surface area contributed by atoms with Crippen molar-refractivity contribution in [2.24, 2.45) is 0 Å². The van der Waals surface area contributed by atoms with Crippen molar-refractivity contribution in [2.45, 2.75) is 31.7 Å². The van der Waals surface area contributed by atoms with E-state index < -0.39 is 0 Å². The van der Waals surface area contributed by atoms with E-state index in [0.29, 0.717) is 5.92 Å². The van der Waals surface area contributed by atoms with Gasteiger partial charge in [-0.15, -0.1) is 0 Å². The molecule has 0 bridgehead atoms. The van der Waals surface area contributed by atoms with E-state index in [2.05, 4.69) is 32.0 Å². The Labute approximate surface area is 107 Å². The molecule has 18 heavy (non-hydrogen) atoms. The molecule has 0 radical (unpaired) electrons. The van der Waals surface area contributed by atoms with Crippen LogP contribution in [0, 0.1) is 0 Å². The van der Waals surface area contributed by atoms with Gasteiger partial charge in [-0.1, -0.05) is 0 Å². The van der Waals surface area contributed by atoms with Crippen molar-refractivity contribution in [1.29, 1.82) is 0 Å². The number of hydrogen-bond donors (Lipinski definition) is 2. The summed E-state index contributed by atoms with van der Waals surface area (Å²) in [5.74, 6) is 0.579. The molecule has 0 aliphatic carbocycles. The van der Waals surface area contributed by atoms with Crippen LogP contribution in [0.5, 0.6) is 0 Å². The Hall–Kier alpha value is -1.62. The second kappa shape index (κ2) is 4.94. The molecule has 0 aromatic carbocycles. The molecule has 0 amide bonds. The first-order valence-corrected chi connectivity index (χ1v) is 6.57. The third-order valence-electron chi connectivity index (χ3n) is 3.83. The lowest BCUT2D eigenvalue weighted by Crippen LogP contribution is -2.30. The molecule has 1 aliphatic heterocycles. The summed E-state index contributed by atoms with van der Waals surface area (Å²) in [6.45, 7) is 4.39. The third-order valence-corrected chi connectivity index (χ3v) is 3.83. The highest BCUT2D eigenvalue weighted by atomic mass is 15.1. The molecule has 1 saturated heterocycles. The van der Waals surface area contributed by atoms with Crippen LogP contribution in [0.1, 0.15) is 43.0 Å². The zero-order valence-electron chi connectivity index (χ0n) is 10.6. The largest absolute Gasteiger partial charge is 0.327 e. The first-order valence-electron chi connectivity index (χ1n) is 6.57. The smallest absolute Gasteiger partial charge is 0.0953 e. The lowest BCUT2D eigenvalue weighted by molar-refractivity contribution is 0.435. The van der Waals surface area contributed by atoms with E-state index in [1.54, 1.807) is 0 Å². The lowest BCUT2D eigenvalue weighted by Gasteiger charge is -2.25. The van der Waals surface area contributed by atoms with Crippen molar-refractivity contribution in [3.05, 3.63) is 36.2 Å². The van der Waals surface area contributed by atoms with Gasteiger partial charge in [0.1, 0.15) is 0 Å². The third kappa shape index (κ3) is 2.06. The zero-order valence-corrected chi connectivity index (χ0v) is 10.6. The van der Waals surface area contributed by atoms with E-state index in [-0.39, 0.29) is 6.04 Å². The van der Waals surface area contributed by atoms with Crippen LogP contribution in [0.4, 0.5) is 0 Å². The summed E-state index contributed by atoms with van der Waals surface area (Å²) in [5, 5.41) is 10.4. The normalized spacial score (nSPS) is 21.9. The number of H-pyrrole nitrogens is 1. The quantitative estimate of drug-likeness (QED) is 0.865. The highest BCUT2D eigenvalue weighted by molar-refractivity contribution is 5.16. The van der Waals surface area contributed by atoms with Crippen LogP contribution in [-0.2, 0) is 0 Å². The van der Waals surface area contributed by atoms with Crippen LogP contribution >= 0.6 is 0 Å². The molecule has 2 unspecified atom stereocenters. The van der Waals surface area contributed by atoms with Gasteiger partial charge in [-0.3, -0.25) is 5.10 Å². The number of nitrogens with zero attached hydrogens (tertiary/aromatic N) is 3. The van der Waals surface area contributed by atoms with Gasteiger partial charge in [0.05, 0.1) is 18.6 Å². The number of imidazole rings is 1. The average molecular weight is 245 g/mol. The van der Waals surface area contributed by atoms with Gasteiger partial charge in [0.15, 0.2) is 0 Å². The van der Waals surface area contributed by atoms with Crippen molar-refractivity contribution in [1.82, 2.24) is 25.1 Å². The minimum absolute atomic E-state index is 0.281. The molecule has 5 heteroatoms. The molecule has 0 spiro atoms. The molecule has 96 valence electrons. The van der Waals surface area contributed by atoms with E-state index in [4.69, 9.17) is 0 Å². The van der Waals surface area contributed by atoms with Crippen molar-refractivity contribution in [2.75, 3.05) is 13.1 Å². The molecule has 2 N–H and O–H groups in total. The van der Waals surface area contributed by atoms with Gasteiger partial charge in [0.25, 0.3) is 0 Å². The Morgan fingerprint density at radius 1 is 1.44 bits per heavy atom. The standard InChI is InChI=1S/C13H19N5/c1-10(12-6-16-17-7-12)18-9-15-8-13(18)11-3-2-4-14-5-11/h6-11,14H,2-5H2,1H3,(H,16,17). The zero-order chi connectivity index (χ0) is 12.4. The van der Waals surface area contributed by atoms with Crippen molar-refractivity contribution in [3.63, 3.8) is 0 Å². The second-order valence-corrected chi connectivity index (χ2v) is 4.98. The van der Waals surface area contributed by atoms with Crippen molar-refractivity contribution >= 4 is 0 Å². The highest BCUT2D eigenvalue weighted by Crippen LogP contribution is 2.27. The van der Waals surface area contributed by atoms with Gasteiger partial charge in [-0.25, -0.2) is 4.98 Å².